The van der Waals surface area contributed by atoms with Gasteiger partial charge in [-0.05, 0) is 49.0 Å². The van der Waals surface area contributed by atoms with Crippen molar-refractivity contribution in [2.45, 2.75) is 44.8 Å². The van der Waals surface area contributed by atoms with E-state index in [-0.39, 0.29) is 6.10 Å². The number of hydrogen-bond acceptors (Lipinski definition) is 4. The number of nitrogens with zero attached hydrogens (tertiary/aromatic N) is 2. The maximum Gasteiger partial charge on any atom is 0.0900 e. The number of aliphatic hydroxyl groups excluding tert-OH is 1. The van der Waals surface area contributed by atoms with Crippen LogP contribution in [0.1, 0.15) is 37.7 Å². The van der Waals surface area contributed by atoms with Crippen molar-refractivity contribution in [3.05, 3.63) is 35.9 Å². The van der Waals surface area contributed by atoms with Gasteiger partial charge in [-0.2, -0.15) is 0 Å². The molecule has 4 atom stereocenters. The first-order valence-corrected chi connectivity index (χ1v) is 11.0. The van der Waals surface area contributed by atoms with Crippen LogP contribution in [0, 0.1) is 17.8 Å². The molecular weight excluding hydrogens is 336 g/mol. The molecule has 3 aliphatic rings. The molecule has 4 heteroatoms. The molecule has 1 N–H and O–H groups in total. The van der Waals surface area contributed by atoms with Crippen molar-refractivity contribution in [3.63, 3.8) is 0 Å². The summed E-state index contributed by atoms with van der Waals surface area (Å²) in [4.78, 5) is 4.88. The summed E-state index contributed by atoms with van der Waals surface area (Å²) in [6.07, 6.45) is 6.68. The third-order valence-corrected chi connectivity index (χ3v) is 7.01. The van der Waals surface area contributed by atoms with E-state index in [1.165, 1.54) is 37.7 Å². The molecular formula is C23H36N2O2. The SMILES string of the molecule is O[C@@H](COCC[C@@H]1C[C@@H]2CC[C@@H]1C2)CN1CCN(Cc2ccccc2)CC1. The minimum atomic E-state index is -0.356. The van der Waals surface area contributed by atoms with Crippen molar-refractivity contribution >= 4 is 0 Å². The van der Waals surface area contributed by atoms with Gasteiger partial charge in [-0.1, -0.05) is 36.8 Å². The predicted octanol–water partition coefficient (Wildman–Crippen LogP) is 3.01. The maximum atomic E-state index is 10.3. The molecule has 4 rings (SSSR count). The summed E-state index contributed by atoms with van der Waals surface area (Å²) >= 11 is 0. The molecule has 1 aliphatic heterocycles. The lowest BCUT2D eigenvalue weighted by molar-refractivity contribution is 0.00188. The van der Waals surface area contributed by atoms with Crippen molar-refractivity contribution in [2.24, 2.45) is 17.8 Å². The molecule has 0 radical (unpaired) electrons. The molecule has 0 unspecified atom stereocenters. The molecule has 0 aromatic heterocycles. The van der Waals surface area contributed by atoms with Crippen LogP contribution in [0.2, 0.25) is 0 Å². The third kappa shape index (κ3) is 5.54. The number of hydrogen-bond donors (Lipinski definition) is 1. The van der Waals surface area contributed by atoms with E-state index >= 15 is 0 Å². The quantitative estimate of drug-likeness (QED) is 0.676. The smallest absolute Gasteiger partial charge is 0.0900 e. The Labute approximate surface area is 164 Å². The highest BCUT2D eigenvalue weighted by atomic mass is 16.5. The van der Waals surface area contributed by atoms with Gasteiger partial charge in [0, 0.05) is 45.9 Å². The Morgan fingerprint density at radius 2 is 1.78 bits per heavy atom. The summed E-state index contributed by atoms with van der Waals surface area (Å²) in [6, 6.07) is 10.7. The van der Waals surface area contributed by atoms with E-state index in [4.69, 9.17) is 4.74 Å². The average molecular weight is 373 g/mol. The molecule has 1 saturated heterocycles. The molecule has 27 heavy (non-hydrogen) atoms. The van der Waals surface area contributed by atoms with E-state index in [0.29, 0.717) is 6.61 Å². The fourth-order valence-corrected chi connectivity index (χ4v) is 5.51. The number of β-amino-alcohol motifs (C(OH)–C–C–N with tert-alkyl or cyclic N) is 1. The van der Waals surface area contributed by atoms with Gasteiger partial charge in [-0.25, -0.2) is 0 Å². The number of aliphatic hydroxyl groups is 1. The molecule has 0 spiro atoms. The van der Waals surface area contributed by atoms with Crippen LogP contribution in [0.4, 0.5) is 0 Å². The Balaban J connectivity index is 1.06. The highest BCUT2D eigenvalue weighted by Crippen LogP contribution is 2.49. The molecule has 2 bridgehead atoms. The lowest BCUT2D eigenvalue weighted by atomic mass is 9.87. The van der Waals surface area contributed by atoms with Crippen LogP contribution in [0.5, 0.6) is 0 Å². The summed E-state index contributed by atoms with van der Waals surface area (Å²) in [7, 11) is 0. The fourth-order valence-electron chi connectivity index (χ4n) is 5.51. The van der Waals surface area contributed by atoms with Crippen LogP contribution < -0.4 is 0 Å². The Bertz CT molecular complexity index is 559. The molecule has 4 nitrogen and oxygen atoms in total. The minimum absolute atomic E-state index is 0.356. The second-order valence-corrected chi connectivity index (χ2v) is 9.01. The molecule has 1 aromatic carbocycles. The fraction of sp³-hybridized carbons (Fsp3) is 0.739. The first kappa shape index (κ1) is 19.4. The molecule has 1 aromatic rings. The van der Waals surface area contributed by atoms with Gasteiger partial charge in [-0.15, -0.1) is 0 Å². The minimum Gasteiger partial charge on any atom is -0.389 e. The number of piperazine rings is 1. The normalized spacial score (nSPS) is 30.0. The van der Waals surface area contributed by atoms with Crippen LogP contribution in [-0.4, -0.2) is 66.9 Å². The Hall–Kier alpha value is -0.940. The van der Waals surface area contributed by atoms with Gasteiger partial charge in [0.25, 0.3) is 0 Å². The lowest BCUT2D eigenvalue weighted by Gasteiger charge is -2.35. The Morgan fingerprint density at radius 3 is 2.48 bits per heavy atom. The van der Waals surface area contributed by atoms with Crippen molar-refractivity contribution in [1.29, 1.82) is 0 Å². The number of fused-ring (bicyclic) bond motifs is 2. The summed E-state index contributed by atoms with van der Waals surface area (Å²) in [5, 5.41) is 10.3. The first-order valence-electron chi connectivity index (χ1n) is 11.0. The second kappa shape index (κ2) is 9.51. The van der Waals surface area contributed by atoms with E-state index in [1.54, 1.807) is 0 Å². The van der Waals surface area contributed by atoms with Gasteiger partial charge in [0.2, 0.25) is 0 Å². The largest absolute Gasteiger partial charge is 0.389 e. The Kier molecular flexibility index (Phi) is 6.82. The number of benzene rings is 1. The highest BCUT2D eigenvalue weighted by molar-refractivity contribution is 5.14. The van der Waals surface area contributed by atoms with Crippen LogP contribution in [0.15, 0.2) is 30.3 Å². The molecule has 3 fully saturated rings. The summed E-state index contributed by atoms with van der Waals surface area (Å²) in [5.74, 6) is 2.90. The van der Waals surface area contributed by atoms with E-state index in [2.05, 4.69) is 40.1 Å². The van der Waals surface area contributed by atoms with Crippen molar-refractivity contribution in [2.75, 3.05) is 45.9 Å². The lowest BCUT2D eigenvalue weighted by Crippen LogP contribution is -2.48. The zero-order valence-corrected chi connectivity index (χ0v) is 16.6. The summed E-state index contributed by atoms with van der Waals surface area (Å²) < 4.78 is 5.82. The van der Waals surface area contributed by atoms with Gasteiger partial charge >= 0.3 is 0 Å². The molecule has 1 heterocycles. The van der Waals surface area contributed by atoms with Crippen LogP contribution in [-0.2, 0) is 11.3 Å². The maximum absolute atomic E-state index is 10.3. The van der Waals surface area contributed by atoms with E-state index in [1.807, 2.05) is 0 Å². The van der Waals surface area contributed by atoms with Crippen molar-refractivity contribution < 1.29 is 9.84 Å². The van der Waals surface area contributed by atoms with Gasteiger partial charge in [0.15, 0.2) is 0 Å². The van der Waals surface area contributed by atoms with Crippen LogP contribution in [0.25, 0.3) is 0 Å². The zero-order chi connectivity index (χ0) is 18.5. The monoisotopic (exact) mass is 372 g/mol. The predicted molar refractivity (Wildman–Crippen MR) is 109 cm³/mol. The van der Waals surface area contributed by atoms with Crippen LogP contribution >= 0.6 is 0 Å². The summed E-state index contributed by atoms with van der Waals surface area (Å²) in [5.41, 5.74) is 1.38. The number of rotatable bonds is 9. The van der Waals surface area contributed by atoms with Gasteiger partial charge < -0.3 is 9.84 Å². The standard InChI is InChI=1S/C23H36N2O2/c26-23(18-27-13-8-22-15-20-6-7-21(22)14-20)17-25-11-9-24(10-12-25)16-19-4-2-1-3-5-19/h1-5,20-23,26H,6-18H2/t20-,21-,22-,23-/m1/s1. The molecule has 0 amide bonds. The molecule has 2 saturated carbocycles. The third-order valence-electron chi connectivity index (χ3n) is 7.01. The second-order valence-electron chi connectivity index (χ2n) is 9.01. The first-order chi connectivity index (χ1) is 13.3. The van der Waals surface area contributed by atoms with Crippen molar-refractivity contribution in [3.8, 4) is 0 Å². The average Bonchev–Trinajstić information content (AvgIpc) is 3.31. The topological polar surface area (TPSA) is 35.9 Å². The van der Waals surface area contributed by atoms with Gasteiger partial charge in [0.1, 0.15) is 0 Å². The van der Waals surface area contributed by atoms with E-state index in [0.717, 1.165) is 63.6 Å². The highest BCUT2D eigenvalue weighted by Gasteiger charge is 2.38. The van der Waals surface area contributed by atoms with E-state index in [9.17, 15) is 5.11 Å². The Morgan fingerprint density at radius 1 is 1.00 bits per heavy atom. The molecule has 150 valence electrons. The van der Waals surface area contributed by atoms with Gasteiger partial charge in [-0.3, -0.25) is 9.80 Å². The van der Waals surface area contributed by atoms with Gasteiger partial charge in [0.05, 0.1) is 12.7 Å². The van der Waals surface area contributed by atoms with Crippen molar-refractivity contribution in [1.82, 2.24) is 9.80 Å². The van der Waals surface area contributed by atoms with E-state index < -0.39 is 0 Å². The summed E-state index contributed by atoms with van der Waals surface area (Å²) in [6.45, 7) is 7.32. The number of ether oxygens (including phenoxy) is 1. The zero-order valence-electron chi connectivity index (χ0n) is 16.6. The molecule has 2 aliphatic carbocycles. The van der Waals surface area contributed by atoms with Crippen LogP contribution in [0.3, 0.4) is 0 Å².